The van der Waals surface area contributed by atoms with Gasteiger partial charge in [-0.1, -0.05) is 30.3 Å². The number of esters is 1. The lowest BCUT2D eigenvalue weighted by molar-refractivity contribution is -0.135. The van der Waals surface area contributed by atoms with Crippen LogP contribution in [-0.2, 0) is 20.7 Å². The van der Waals surface area contributed by atoms with E-state index >= 15 is 0 Å². The molecule has 166 valence electrons. The van der Waals surface area contributed by atoms with E-state index < -0.39 is 11.9 Å². The molecule has 1 heterocycles. The number of benzene rings is 2. The molecule has 1 amide bonds. The quantitative estimate of drug-likeness (QED) is 0.248. The van der Waals surface area contributed by atoms with E-state index in [2.05, 4.69) is 48.3 Å². The first-order valence-electron chi connectivity index (χ1n) is 9.44. The van der Waals surface area contributed by atoms with Crippen LogP contribution in [0.2, 0.25) is 0 Å². The number of halogens is 1. The molecule has 1 N–H and O–H groups in total. The zero-order valence-corrected chi connectivity index (χ0v) is 19.7. The molecule has 0 atom stereocenters. The summed E-state index contributed by atoms with van der Waals surface area (Å²) in [5.74, 6) is 0.112. The van der Waals surface area contributed by atoms with Gasteiger partial charge in [0.05, 0.1) is 31.9 Å². The molecule has 2 aromatic rings. The zero-order chi connectivity index (χ0) is 22.9. The second-order valence-electron chi connectivity index (χ2n) is 6.35. The van der Waals surface area contributed by atoms with E-state index in [-0.39, 0.29) is 10.1 Å². The second-order valence-corrected chi connectivity index (χ2v) is 8.23. The van der Waals surface area contributed by atoms with Gasteiger partial charge in [0.2, 0.25) is 0 Å². The fourth-order valence-corrected chi connectivity index (χ4v) is 3.79. The van der Waals surface area contributed by atoms with Gasteiger partial charge in [-0.2, -0.15) is 5.10 Å². The van der Waals surface area contributed by atoms with Gasteiger partial charge in [-0.05, 0) is 45.4 Å². The number of amides is 1. The molecule has 0 bridgehead atoms. The van der Waals surface area contributed by atoms with Crippen molar-refractivity contribution < 1.29 is 23.8 Å². The number of amidine groups is 1. The smallest absolute Gasteiger partial charge is 0.331 e. The number of carbonyl (C=O) groups excluding carboxylic acids is 2. The van der Waals surface area contributed by atoms with Crippen molar-refractivity contribution in [2.75, 3.05) is 20.8 Å². The van der Waals surface area contributed by atoms with Crippen molar-refractivity contribution in [3.63, 3.8) is 0 Å². The highest BCUT2D eigenvalue weighted by molar-refractivity contribution is 9.10. The molecule has 0 spiro atoms. The first kappa shape index (κ1) is 23.6. The van der Waals surface area contributed by atoms with Gasteiger partial charge in [0.25, 0.3) is 5.91 Å². The van der Waals surface area contributed by atoms with Crippen LogP contribution in [0.1, 0.15) is 11.1 Å². The van der Waals surface area contributed by atoms with Crippen LogP contribution in [0.15, 0.2) is 68.1 Å². The molecule has 2 aromatic carbocycles. The average molecular weight is 518 g/mol. The Morgan fingerprint density at radius 3 is 2.69 bits per heavy atom. The summed E-state index contributed by atoms with van der Waals surface area (Å²) in [6.45, 7) is 0.506. The lowest BCUT2D eigenvalue weighted by Crippen LogP contribution is -2.19. The number of hydrogen-bond donors (Lipinski definition) is 1. The molecule has 8 nitrogen and oxygen atoms in total. The van der Waals surface area contributed by atoms with Crippen molar-refractivity contribution in [3.8, 4) is 11.5 Å². The molecule has 1 saturated heterocycles. The topological polar surface area (TPSA) is 98.6 Å². The van der Waals surface area contributed by atoms with Gasteiger partial charge in [0, 0.05) is 22.5 Å². The number of rotatable bonds is 8. The van der Waals surface area contributed by atoms with Crippen molar-refractivity contribution in [2.45, 2.75) is 6.42 Å². The van der Waals surface area contributed by atoms with Crippen LogP contribution in [0.25, 0.3) is 0 Å². The van der Waals surface area contributed by atoms with E-state index in [9.17, 15) is 9.59 Å². The summed E-state index contributed by atoms with van der Waals surface area (Å²) in [6.07, 6.45) is 3.39. The van der Waals surface area contributed by atoms with Gasteiger partial charge in [0.15, 0.2) is 16.7 Å². The van der Waals surface area contributed by atoms with E-state index in [1.165, 1.54) is 18.9 Å². The predicted octanol–water partition coefficient (Wildman–Crippen LogP) is 3.69. The van der Waals surface area contributed by atoms with Crippen LogP contribution < -0.4 is 14.8 Å². The molecule has 0 aromatic heterocycles. The van der Waals surface area contributed by atoms with Gasteiger partial charge < -0.3 is 14.2 Å². The van der Waals surface area contributed by atoms with Gasteiger partial charge in [0.1, 0.15) is 0 Å². The lowest BCUT2D eigenvalue weighted by atomic mass is 10.2. The molecule has 1 aliphatic rings. The molecule has 32 heavy (non-hydrogen) atoms. The maximum absolute atomic E-state index is 11.8. The second kappa shape index (κ2) is 11.5. The number of methoxy groups -OCH3 is 2. The summed E-state index contributed by atoms with van der Waals surface area (Å²) < 4.78 is 16.6. The zero-order valence-electron chi connectivity index (χ0n) is 17.3. The van der Waals surface area contributed by atoms with Gasteiger partial charge in [-0.3, -0.25) is 10.1 Å². The molecule has 0 radical (unpaired) electrons. The Kier molecular flexibility index (Phi) is 8.46. The Balaban J connectivity index is 1.66. The summed E-state index contributed by atoms with van der Waals surface area (Å²) in [6, 6.07) is 13.7. The highest BCUT2D eigenvalue weighted by Crippen LogP contribution is 2.33. The third-order valence-corrected chi connectivity index (χ3v) is 5.81. The molecule has 0 saturated carbocycles. The van der Waals surface area contributed by atoms with Crippen LogP contribution in [0.3, 0.4) is 0 Å². The van der Waals surface area contributed by atoms with Crippen LogP contribution in [-0.4, -0.2) is 44.1 Å². The van der Waals surface area contributed by atoms with Crippen LogP contribution in [0.5, 0.6) is 11.5 Å². The Hall–Kier alpha value is -3.11. The fourth-order valence-electron chi connectivity index (χ4n) is 2.63. The first-order chi connectivity index (χ1) is 15.5. The van der Waals surface area contributed by atoms with E-state index in [1.54, 1.807) is 13.2 Å². The minimum absolute atomic E-state index is 0.186. The van der Waals surface area contributed by atoms with Crippen molar-refractivity contribution in [1.82, 2.24) is 5.32 Å². The average Bonchev–Trinajstić information content (AvgIpc) is 3.14. The van der Waals surface area contributed by atoms with Crippen LogP contribution in [0.4, 0.5) is 0 Å². The first-order valence-corrected chi connectivity index (χ1v) is 11.0. The van der Waals surface area contributed by atoms with E-state index in [4.69, 9.17) is 9.47 Å². The maximum atomic E-state index is 11.8. The molecule has 10 heteroatoms. The third-order valence-electron chi connectivity index (χ3n) is 4.22. The number of nitrogens with one attached hydrogen (secondary N) is 1. The van der Waals surface area contributed by atoms with Crippen molar-refractivity contribution in [3.05, 3.63) is 69.0 Å². The molecule has 0 aliphatic carbocycles. The minimum Gasteiger partial charge on any atom is -0.493 e. The van der Waals surface area contributed by atoms with Crippen molar-refractivity contribution >= 4 is 51.0 Å². The Labute approximate surface area is 197 Å². The van der Waals surface area contributed by atoms with E-state index in [1.807, 2.05) is 24.3 Å². The normalized spacial score (nSPS) is 15.9. The molecule has 0 unspecified atom stereocenters. The molecular formula is C22H20BrN3O5S. The number of hydrogen-bond acceptors (Lipinski definition) is 8. The molecular weight excluding hydrogens is 498 g/mol. The highest BCUT2D eigenvalue weighted by Gasteiger charge is 2.25. The van der Waals surface area contributed by atoms with E-state index in [0.29, 0.717) is 23.7 Å². The Morgan fingerprint density at radius 2 is 1.97 bits per heavy atom. The van der Waals surface area contributed by atoms with Crippen LogP contribution >= 0.6 is 27.7 Å². The third kappa shape index (κ3) is 6.44. The summed E-state index contributed by atoms with van der Waals surface area (Å²) in [7, 11) is 2.80. The van der Waals surface area contributed by atoms with Crippen LogP contribution in [0, 0.1) is 0 Å². The highest BCUT2D eigenvalue weighted by atomic mass is 79.9. The monoisotopic (exact) mass is 517 g/mol. The van der Waals surface area contributed by atoms with E-state index in [0.717, 1.165) is 28.7 Å². The van der Waals surface area contributed by atoms with Gasteiger partial charge in [-0.25, -0.2) is 4.79 Å². The van der Waals surface area contributed by atoms with Gasteiger partial charge in [-0.15, -0.1) is 5.10 Å². The summed E-state index contributed by atoms with van der Waals surface area (Å²) in [5, 5.41) is 10.8. The predicted molar refractivity (Wildman–Crippen MR) is 127 cm³/mol. The fraction of sp³-hybridized carbons (Fsp3) is 0.182. The standard InChI is InChI=1S/C22H20BrN3O5S/c1-29-17-10-15(13-24-26-22-25-21(28)19(32-22)12-20(27)30-2)16(23)11-18(17)31-9-8-14-6-4-3-5-7-14/h3-7,10-13H,8-9H2,1-2H3,(H,25,26,28)/b19-12+,24-13?. The SMILES string of the molecule is COC(=O)/C=C1/S/C(=N\N=Cc2cc(OC)c(OCCc3ccccc3)cc2Br)NC1=O. The maximum Gasteiger partial charge on any atom is 0.331 e. The lowest BCUT2D eigenvalue weighted by Gasteiger charge is -2.12. The molecule has 1 fully saturated rings. The van der Waals surface area contributed by atoms with Crippen molar-refractivity contribution in [1.29, 1.82) is 0 Å². The van der Waals surface area contributed by atoms with Crippen molar-refractivity contribution in [2.24, 2.45) is 10.2 Å². The summed E-state index contributed by atoms with van der Waals surface area (Å²) in [5.41, 5.74) is 1.90. The Morgan fingerprint density at radius 1 is 1.19 bits per heavy atom. The summed E-state index contributed by atoms with van der Waals surface area (Å²) >= 11 is 4.50. The minimum atomic E-state index is -0.616. The Bertz CT molecular complexity index is 1090. The largest absolute Gasteiger partial charge is 0.493 e. The summed E-state index contributed by atoms with van der Waals surface area (Å²) in [4.78, 5) is 23.3. The molecule has 1 aliphatic heterocycles. The number of nitrogens with zero attached hydrogens (tertiary/aromatic N) is 2. The van der Waals surface area contributed by atoms with Gasteiger partial charge >= 0.3 is 5.97 Å². The number of thioether (sulfide) groups is 1. The number of ether oxygens (including phenoxy) is 3. The number of carbonyl (C=O) groups is 2. The molecule has 3 rings (SSSR count).